The van der Waals surface area contributed by atoms with Crippen molar-refractivity contribution in [2.24, 2.45) is 0 Å². The third kappa shape index (κ3) is 8.37. The molecule has 0 unspecified atom stereocenters. The molecule has 0 spiro atoms. The molecule has 0 amide bonds. The van der Waals surface area contributed by atoms with Crippen molar-refractivity contribution in [2.75, 3.05) is 6.61 Å². The Morgan fingerprint density at radius 2 is 1.18 bits per heavy atom. The summed E-state index contributed by atoms with van der Waals surface area (Å²) in [6.07, 6.45) is 11.0. The summed E-state index contributed by atoms with van der Waals surface area (Å²) in [5.41, 5.74) is 4.16. The molecule has 3 heteroatoms. The molecule has 34 heavy (non-hydrogen) atoms. The van der Waals surface area contributed by atoms with E-state index in [4.69, 9.17) is 9.47 Å². The molecule has 3 aromatic rings. The van der Waals surface area contributed by atoms with Crippen LogP contribution < -0.4 is 9.47 Å². The highest BCUT2D eigenvalue weighted by molar-refractivity contribution is 5.91. The molecule has 0 saturated carbocycles. The predicted molar refractivity (Wildman–Crippen MR) is 141 cm³/mol. The average molecular weight is 459 g/mol. The second kappa shape index (κ2) is 14.2. The van der Waals surface area contributed by atoms with Crippen molar-refractivity contribution >= 4 is 5.97 Å². The van der Waals surface area contributed by atoms with Gasteiger partial charge in [-0.05, 0) is 72.4 Å². The molecule has 0 bridgehead atoms. The number of unbranched alkanes of at least 4 members (excludes halogenated alkanes) is 6. The van der Waals surface area contributed by atoms with E-state index in [1.165, 1.54) is 50.5 Å². The van der Waals surface area contributed by atoms with Crippen LogP contribution in [0, 0.1) is 0 Å². The van der Waals surface area contributed by atoms with Crippen LogP contribution in [0.5, 0.6) is 11.5 Å². The van der Waals surface area contributed by atoms with E-state index in [-0.39, 0.29) is 5.97 Å². The van der Waals surface area contributed by atoms with E-state index in [0.29, 0.717) is 17.9 Å². The van der Waals surface area contributed by atoms with Gasteiger partial charge in [0.1, 0.15) is 11.5 Å². The fraction of sp³-hybridized carbons (Fsp3) is 0.387. The molecule has 0 aliphatic rings. The van der Waals surface area contributed by atoms with Crippen molar-refractivity contribution in [1.82, 2.24) is 0 Å². The molecule has 0 atom stereocenters. The molecule has 0 N–H and O–H groups in total. The molecule has 180 valence electrons. The Morgan fingerprint density at radius 3 is 1.79 bits per heavy atom. The number of esters is 1. The first-order valence-electron chi connectivity index (χ1n) is 12.8. The summed E-state index contributed by atoms with van der Waals surface area (Å²) in [5.74, 6) is 0.955. The maximum absolute atomic E-state index is 12.6. The zero-order valence-corrected chi connectivity index (χ0v) is 20.7. The number of carbonyl (C=O) groups excluding carboxylic acids is 1. The zero-order chi connectivity index (χ0) is 24.0. The second-order valence-electron chi connectivity index (χ2n) is 8.85. The Bertz CT molecular complexity index is 973. The van der Waals surface area contributed by atoms with Crippen LogP contribution in [0.1, 0.15) is 81.1 Å². The van der Waals surface area contributed by atoms with Gasteiger partial charge in [-0.25, -0.2) is 4.79 Å². The van der Waals surface area contributed by atoms with E-state index in [1.807, 2.05) is 36.4 Å². The number of aryl methyl sites for hydroxylation is 1. The molecule has 0 fully saturated rings. The third-order valence-electron chi connectivity index (χ3n) is 6.03. The molecule has 3 aromatic carbocycles. The quantitative estimate of drug-likeness (QED) is 0.138. The summed E-state index contributed by atoms with van der Waals surface area (Å²) in [5, 5.41) is 0. The smallest absolute Gasteiger partial charge is 0.343 e. The monoisotopic (exact) mass is 458 g/mol. The summed E-state index contributed by atoms with van der Waals surface area (Å²) >= 11 is 0. The lowest BCUT2D eigenvalue weighted by Gasteiger charge is -2.09. The first kappa shape index (κ1) is 25.6. The second-order valence-corrected chi connectivity index (χ2v) is 8.85. The highest BCUT2D eigenvalue weighted by Crippen LogP contribution is 2.23. The SMILES string of the molecule is CCCCCCOc1ccc(OC(=O)c2ccc(-c3ccc(CCCCCC)cc3)cc2)cc1. The molecule has 0 radical (unpaired) electrons. The van der Waals surface area contributed by atoms with Crippen molar-refractivity contribution in [1.29, 1.82) is 0 Å². The van der Waals surface area contributed by atoms with Gasteiger partial charge in [0.25, 0.3) is 0 Å². The summed E-state index contributed by atoms with van der Waals surface area (Å²) in [7, 11) is 0. The normalized spacial score (nSPS) is 10.8. The zero-order valence-electron chi connectivity index (χ0n) is 20.7. The first-order valence-corrected chi connectivity index (χ1v) is 12.8. The van der Waals surface area contributed by atoms with Crippen molar-refractivity contribution in [2.45, 2.75) is 71.6 Å². The van der Waals surface area contributed by atoms with E-state index in [2.05, 4.69) is 38.1 Å². The first-order chi connectivity index (χ1) is 16.7. The molecule has 0 aliphatic heterocycles. The largest absolute Gasteiger partial charge is 0.494 e. The van der Waals surface area contributed by atoms with Gasteiger partial charge in [0, 0.05) is 0 Å². The lowest BCUT2D eigenvalue weighted by atomic mass is 10.0. The summed E-state index contributed by atoms with van der Waals surface area (Å²) in [4.78, 5) is 12.6. The summed E-state index contributed by atoms with van der Waals surface area (Å²) in [6, 6.07) is 23.6. The maximum atomic E-state index is 12.6. The van der Waals surface area contributed by atoms with Gasteiger partial charge >= 0.3 is 5.97 Å². The fourth-order valence-corrected chi connectivity index (χ4v) is 3.91. The Kier molecular flexibility index (Phi) is 10.7. The topological polar surface area (TPSA) is 35.5 Å². The molecule has 0 aromatic heterocycles. The van der Waals surface area contributed by atoms with Crippen LogP contribution in [0.3, 0.4) is 0 Å². The Morgan fingerprint density at radius 1 is 0.618 bits per heavy atom. The fourth-order valence-electron chi connectivity index (χ4n) is 3.91. The van der Waals surface area contributed by atoms with Crippen LogP contribution in [-0.4, -0.2) is 12.6 Å². The van der Waals surface area contributed by atoms with Gasteiger partial charge < -0.3 is 9.47 Å². The number of carbonyl (C=O) groups is 1. The minimum absolute atomic E-state index is 0.359. The maximum Gasteiger partial charge on any atom is 0.343 e. The van der Waals surface area contributed by atoms with E-state index >= 15 is 0 Å². The highest BCUT2D eigenvalue weighted by Gasteiger charge is 2.09. The standard InChI is InChI=1S/C31H38O3/c1-3-5-7-9-11-25-12-14-26(15-13-25)27-16-18-28(19-17-27)31(32)34-30-22-20-29(21-23-30)33-24-10-8-6-4-2/h12-23H,3-11,24H2,1-2H3. The van der Waals surface area contributed by atoms with Gasteiger partial charge in [-0.3, -0.25) is 0 Å². The van der Waals surface area contributed by atoms with Crippen LogP contribution in [0.25, 0.3) is 11.1 Å². The summed E-state index contributed by atoms with van der Waals surface area (Å²) in [6.45, 7) is 5.15. The van der Waals surface area contributed by atoms with Crippen molar-refractivity contribution < 1.29 is 14.3 Å². The van der Waals surface area contributed by atoms with Gasteiger partial charge in [0.05, 0.1) is 12.2 Å². The molecular weight excluding hydrogens is 420 g/mol. The molecule has 3 rings (SSSR count). The number of rotatable bonds is 14. The van der Waals surface area contributed by atoms with Crippen molar-refractivity contribution in [3.63, 3.8) is 0 Å². The van der Waals surface area contributed by atoms with E-state index in [9.17, 15) is 4.79 Å². The van der Waals surface area contributed by atoms with Gasteiger partial charge in [-0.1, -0.05) is 88.8 Å². The average Bonchev–Trinajstić information content (AvgIpc) is 2.88. The Hall–Kier alpha value is -3.07. The number of hydrogen-bond donors (Lipinski definition) is 0. The summed E-state index contributed by atoms with van der Waals surface area (Å²) < 4.78 is 11.3. The molecule has 3 nitrogen and oxygen atoms in total. The Labute approximate surface area is 205 Å². The van der Waals surface area contributed by atoms with Crippen LogP contribution >= 0.6 is 0 Å². The number of ether oxygens (including phenoxy) is 2. The van der Waals surface area contributed by atoms with Crippen LogP contribution in [0.15, 0.2) is 72.8 Å². The van der Waals surface area contributed by atoms with Crippen molar-refractivity contribution in [3.8, 4) is 22.6 Å². The third-order valence-corrected chi connectivity index (χ3v) is 6.03. The minimum atomic E-state index is -0.359. The number of benzene rings is 3. The van der Waals surface area contributed by atoms with Crippen LogP contribution in [0.2, 0.25) is 0 Å². The van der Waals surface area contributed by atoms with E-state index in [1.54, 1.807) is 12.1 Å². The van der Waals surface area contributed by atoms with Gasteiger partial charge in [0.15, 0.2) is 0 Å². The highest BCUT2D eigenvalue weighted by atomic mass is 16.5. The van der Waals surface area contributed by atoms with Crippen LogP contribution in [0.4, 0.5) is 0 Å². The molecule has 0 heterocycles. The Balaban J connectivity index is 1.49. The number of hydrogen-bond acceptors (Lipinski definition) is 3. The van der Waals surface area contributed by atoms with Gasteiger partial charge in [-0.15, -0.1) is 0 Å². The van der Waals surface area contributed by atoms with Gasteiger partial charge in [0.2, 0.25) is 0 Å². The minimum Gasteiger partial charge on any atom is -0.494 e. The molecular formula is C31H38O3. The van der Waals surface area contributed by atoms with Gasteiger partial charge in [-0.2, -0.15) is 0 Å². The molecule has 0 aliphatic carbocycles. The van der Waals surface area contributed by atoms with Crippen LogP contribution in [-0.2, 0) is 6.42 Å². The molecule has 0 saturated heterocycles. The van der Waals surface area contributed by atoms with E-state index < -0.39 is 0 Å². The predicted octanol–water partition coefficient (Wildman–Crippen LogP) is 8.65. The lowest BCUT2D eigenvalue weighted by Crippen LogP contribution is -2.08. The van der Waals surface area contributed by atoms with E-state index in [0.717, 1.165) is 29.7 Å². The lowest BCUT2D eigenvalue weighted by molar-refractivity contribution is 0.0734. The van der Waals surface area contributed by atoms with Crippen molar-refractivity contribution in [3.05, 3.63) is 83.9 Å².